The molecule has 0 N–H and O–H groups in total. The lowest BCUT2D eigenvalue weighted by atomic mass is 10.1. The first kappa shape index (κ1) is 14.2. The number of aromatic nitrogens is 2. The summed E-state index contributed by atoms with van der Waals surface area (Å²) in [6.45, 7) is 3.88. The Balaban J connectivity index is 2.00. The highest BCUT2D eigenvalue weighted by molar-refractivity contribution is 5.91. The number of hydrogen-bond donors (Lipinski definition) is 0. The molecule has 2 heterocycles. The molecule has 0 aliphatic rings. The molecule has 2 aromatic rings. The average Bonchev–Trinajstić information content (AvgIpc) is 2.48. The molecule has 20 heavy (non-hydrogen) atoms. The van der Waals surface area contributed by atoms with Crippen LogP contribution in [0.4, 0.5) is 0 Å². The molecule has 0 saturated carbocycles. The monoisotopic (exact) mass is 270 g/mol. The normalized spacial score (nSPS) is 11.9. The van der Waals surface area contributed by atoms with Gasteiger partial charge in [0.1, 0.15) is 6.10 Å². The molecule has 0 saturated heterocycles. The van der Waals surface area contributed by atoms with E-state index in [0.717, 1.165) is 17.5 Å². The van der Waals surface area contributed by atoms with Crippen LogP contribution >= 0.6 is 0 Å². The van der Waals surface area contributed by atoms with Gasteiger partial charge in [-0.05, 0) is 36.6 Å². The number of nitrogens with zero attached hydrogens (tertiary/aromatic N) is 2. The molecule has 4 heteroatoms. The molecule has 2 rings (SSSR count). The predicted octanol–water partition coefficient (Wildman–Crippen LogP) is 2.83. The van der Waals surface area contributed by atoms with Crippen LogP contribution in [-0.2, 0) is 17.6 Å². The van der Waals surface area contributed by atoms with E-state index >= 15 is 0 Å². The molecule has 0 aliphatic heterocycles. The van der Waals surface area contributed by atoms with Gasteiger partial charge in [-0.2, -0.15) is 0 Å². The third-order valence-corrected chi connectivity index (χ3v) is 3.06. The smallest absolute Gasteiger partial charge is 0.338 e. The fraction of sp³-hybridized carbons (Fsp3) is 0.312. The quantitative estimate of drug-likeness (QED) is 0.784. The van der Waals surface area contributed by atoms with E-state index in [-0.39, 0.29) is 12.1 Å². The van der Waals surface area contributed by atoms with Gasteiger partial charge in [0.15, 0.2) is 0 Å². The molecule has 0 aliphatic carbocycles. The molecule has 104 valence electrons. The molecule has 0 radical (unpaired) electrons. The Morgan fingerprint density at radius 3 is 2.75 bits per heavy atom. The summed E-state index contributed by atoms with van der Waals surface area (Å²) in [6, 6.07) is 5.56. The fourth-order valence-electron chi connectivity index (χ4n) is 2.05. The van der Waals surface area contributed by atoms with Gasteiger partial charge >= 0.3 is 5.97 Å². The zero-order valence-corrected chi connectivity index (χ0v) is 11.7. The van der Waals surface area contributed by atoms with Crippen LogP contribution in [0.3, 0.4) is 0 Å². The van der Waals surface area contributed by atoms with Gasteiger partial charge in [0, 0.05) is 31.2 Å². The molecular formula is C16H18N2O2. The number of esters is 1. The number of hydrogen-bond acceptors (Lipinski definition) is 4. The van der Waals surface area contributed by atoms with Crippen molar-refractivity contribution in [3.63, 3.8) is 0 Å². The van der Waals surface area contributed by atoms with Crippen LogP contribution in [0.1, 0.15) is 35.3 Å². The van der Waals surface area contributed by atoms with E-state index in [0.29, 0.717) is 12.0 Å². The van der Waals surface area contributed by atoms with Crippen molar-refractivity contribution in [3.8, 4) is 0 Å². The highest BCUT2D eigenvalue weighted by Gasteiger charge is 2.15. The summed E-state index contributed by atoms with van der Waals surface area (Å²) >= 11 is 0. The first-order valence-electron chi connectivity index (χ1n) is 6.73. The third kappa shape index (κ3) is 3.63. The van der Waals surface area contributed by atoms with Gasteiger partial charge in [-0.15, -0.1) is 0 Å². The number of pyridine rings is 2. The van der Waals surface area contributed by atoms with E-state index in [1.54, 1.807) is 30.9 Å². The SMILES string of the molecule is CCc1cnccc1C(=O)O[C@H](C)Cc1cccnc1. The van der Waals surface area contributed by atoms with Crippen molar-refractivity contribution in [1.29, 1.82) is 0 Å². The maximum absolute atomic E-state index is 12.2. The molecular weight excluding hydrogens is 252 g/mol. The Labute approximate surface area is 118 Å². The maximum atomic E-state index is 12.2. The van der Waals surface area contributed by atoms with Gasteiger partial charge < -0.3 is 4.74 Å². The van der Waals surface area contributed by atoms with Gasteiger partial charge in [0.05, 0.1) is 5.56 Å². The van der Waals surface area contributed by atoms with E-state index in [1.165, 1.54) is 0 Å². The van der Waals surface area contributed by atoms with Crippen molar-refractivity contribution < 1.29 is 9.53 Å². The predicted molar refractivity (Wildman–Crippen MR) is 76.4 cm³/mol. The second-order valence-electron chi connectivity index (χ2n) is 4.67. The zero-order valence-electron chi connectivity index (χ0n) is 11.7. The van der Waals surface area contributed by atoms with Gasteiger partial charge in [-0.1, -0.05) is 13.0 Å². The summed E-state index contributed by atoms with van der Waals surface area (Å²) in [6.07, 6.45) is 8.06. The second-order valence-corrected chi connectivity index (χ2v) is 4.67. The molecule has 0 amide bonds. The summed E-state index contributed by atoms with van der Waals surface area (Å²) in [5.74, 6) is -0.291. The number of carbonyl (C=O) groups excluding carboxylic acids is 1. The Hall–Kier alpha value is -2.23. The van der Waals surface area contributed by atoms with Crippen molar-refractivity contribution in [1.82, 2.24) is 9.97 Å². The minimum Gasteiger partial charge on any atom is -0.459 e. The standard InChI is InChI=1S/C16H18N2O2/c1-3-14-11-18-8-6-15(14)16(19)20-12(2)9-13-5-4-7-17-10-13/h4-8,10-12H,3,9H2,1-2H3/t12-/m1/s1. The van der Waals surface area contributed by atoms with Gasteiger partial charge in [-0.3, -0.25) is 9.97 Å². The van der Waals surface area contributed by atoms with Crippen molar-refractivity contribution in [3.05, 3.63) is 59.7 Å². The van der Waals surface area contributed by atoms with Gasteiger partial charge in [0.25, 0.3) is 0 Å². The minimum absolute atomic E-state index is 0.190. The average molecular weight is 270 g/mol. The molecule has 1 atom stereocenters. The van der Waals surface area contributed by atoms with Crippen molar-refractivity contribution >= 4 is 5.97 Å². The van der Waals surface area contributed by atoms with Crippen LogP contribution in [0.2, 0.25) is 0 Å². The number of aryl methyl sites for hydroxylation is 1. The first-order valence-corrected chi connectivity index (χ1v) is 6.73. The molecule has 0 unspecified atom stereocenters. The van der Waals surface area contributed by atoms with Gasteiger partial charge in [0.2, 0.25) is 0 Å². The number of ether oxygens (including phenoxy) is 1. The van der Waals surface area contributed by atoms with Crippen LogP contribution < -0.4 is 0 Å². The van der Waals surface area contributed by atoms with Crippen LogP contribution in [0.5, 0.6) is 0 Å². The first-order chi connectivity index (χ1) is 9.70. The van der Waals surface area contributed by atoms with E-state index in [9.17, 15) is 4.79 Å². The lowest BCUT2D eigenvalue weighted by Gasteiger charge is -2.14. The summed E-state index contributed by atoms with van der Waals surface area (Å²) in [5.41, 5.74) is 2.56. The summed E-state index contributed by atoms with van der Waals surface area (Å²) in [7, 11) is 0. The summed E-state index contributed by atoms with van der Waals surface area (Å²) < 4.78 is 5.49. The molecule has 0 fully saturated rings. The highest BCUT2D eigenvalue weighted by Crippen LogP contribution is 2.12. The van der Waals surface area contributed by atoms with E-state index < -0.39 is 0 Å². The fourth-order valence-corrected chi connectivity index (χ4v) is 2.05. The zero-order chi connectivity index (χ0) is 14.4. The van der Waals surface area contributed by atoms with Crippen LogP contribution in [0, 0.1) is 0 Å². The van der Waals surface area contributed by atoms with Crippen molar-refractivity contribution in [2.75, 3.05) is 0 Å². The molecule has 0 bridgehead atoms. The molecule has 2 aromatic heterocycles. The van der Waals surface area contributed by atoms with Crippen LogP contribution in [-0.4, -0.2) is 22.0 Å². The van der Waals surface area contributed by atoms with E-state index in [4.69, 9.17) is 4.74 Å². The largest absolute Gasteiger partial charge is 0.459 e. The van der Waals surface area contributed by atoms with Crippen LogP contribution in [0.25, 0.3) is 0 Å². The highest BCUT2D eigenvalue weighted by atomic mass is 16.5. The molecule has 0 spiro atoms. The molecule has 0 aromatic carbocycles. The third-order valence-electron chi connectivity index (χ3n) is 3.06. The topological polar surface area (TPSA) is 52.1 Å². The Kier molecular flexibility index (Phi) is 4.82. The lowest BCUT2D eigenvalue weighted by Crippen LogP contribution is -2.18. The number of rotatable bonds is 5. The van der Waals surface area contributed by atoms with Gasteiger partial charge in [-0.25, -0.2) is 4.79 Å². The van der Waals surface area contributed by atoms with E-state index in [1.807, 2.05) is 26.0 Å². The summed E-state index contributed by atoms with van der Waals surface area (Å²) in [5, 5.41) is 0. The minimum atomic E-state index is -0.291. The Morgan fingerprint density at radius 2 is 2.05 bits per heavy atom. The number of carbonyl (C=O) groups is 1. The second kappa shape index (κ2) is 6.80. The van der Waals surface area contributed by atoms with Crippen LogP contribution in [0.15, 0.2) is 43.0 Å². The lowest BCUT2D eigenvalue weighted by molar-refractivity contribution is 0.0341. The van der Waals surface area contributed by atoms with Crippen molar-refractivity contribution in [2.45, 2.75) is 32.8 Å². The maximum Gasteiger partial charge on any atom is 0.338 e. The molecule has 4 nitrogen and oxygen atoms in total. The Morgan fingerprint density at radius 1 is 1.25 bits per heavy atom. The Bertz CT molecular complexity index is 570. The van der Waals surface area contributed by atoms with Crippen molar-refractivity contribution in [2.24, 2.45) is 0 Å². The summed E-state index contributed by atoms with van der Waals surface area (Å²) in [4.78, 5) is 20.2. The van der Waals surface area contributed by atoms with E-state index in [2.05, 4.69) is 9.97 Å².